The summed E-state index contributed by atoms with van der Waals surface area (Å²) in [6.45, 7) is 2.75. The number of para-hydroxylation sites is 1. The van der Waals surface area contributed by atoms with Gasteiger partial charge in [-0.1, -0.05) is 34.1 Å². The summed E-state index contributed by atoms with van der Waals surface area (Å²) < 4.78 is 0. The number of piperidine rings is 1. The number of carbonyl (C=O) groups excluding carboxylic acids is 1. The van der Waals surface area contributed by atoms with Gasteiger partial charge in [-0.05, 0) is 31.9 Å². The monoisotopic (exact) mass is 318 g/mol. The third-order valence-corrected chi connectivity index (χ3v) is 4.35. The van der Waals surface area contributed by atoms with Gasteiger partial charge in [0.1, 0.15) is 0 Å². The predicted molar refractivity (Wildman–Crippen MR) is 80.8 cm³/mol. The number of pyridine rings is 1. The van der Waals surface area contributed by atoms with Gasteiger partial charge in [-0.2, -0.15) is 0 Å². The number of hydrogen-bond donors (Lipinski definition) is 0. The molecule has 0 radical (unpaired) electrons. The van der Waals surface area contributed by atoms with Crippen LogP contribution >= 0.6 is 15.9 Å². The van der Waals surface area contributed by atoms with Gasteiger partial charge in [-0.3, -0.25) is 9.78 Å². The molecule has 3 nitrogen and oxygen atoms in total. The minimum Gasteiger partial charge on any atom is -0.309 e. The number of aromatic nitrogens is 1. The Labute approximate surface area is 120 Å². The Morgan fingerprint density at radius 2 is 2.16 bits per heavy atom. The highest BCUT2D eigenvalue weighted by atomic mass is 79.9. The van der Waals surface area contributed by atoms with E-state index in [1.165, 1.54) is 0 Å². The Hall–Kier alpha value is -1.42. The SMILES string of the molecule is Cc1ccc2cccc(N3CCCC(Br)C3=O)c2n1. The highest BCUT2D eigenvalue weighted by molar-refractivity contribution is 9.10. The number of benzene rings is 1. The first-order chi connectivity index (χ1) is 9.16. The van der Waals surface area contributed by atoms with Gasteiger partial charge in [0, 0.05) is 17.6 Å². The summed E-state index contributed by atoms with van der Waals surface area (Å²) in [4.78, 5) is 18.7. The summed E-state index contributed by atoms with van der Waals surface area (Å²) in [5.74, 6) is 0.141. The number of aryl methyl sites for hydroxylation is 1. The number of halogens is 1. The van der Waals surface area contributed by atoms with Crippen molar-refractivity contribution in [1.82, 2.24) is 4.98 Å². The molecule has 4 heteroatoms. The van der Waals surface area contributed by atoms with E-state index in [1.807, 2.05) is 36.1 Å². The number of fused-ring (bicyclic) bond motifs is 1. The lowest BCUT2D eigenvalue weighted by Crippen LogP contribution is -2.41. The molecule has 0 spiro atoms. The minimum atomic E-state index is -0.0682. The second-order valence-corrected chi connectivity index (χ2v) is 6.01. The molecular formula is C15H15BrN2O. The lowest BCUT2D eigenvalue weighted by Gasteiger charge is -2.30. The highest BCUT2D eigenvalue weighted by Gasteiger charge is 2.28. The zero-order chi connectivity index (χ0) is 13.4. The molecule has 0 bridgehead atoms. The number of amides is 1. The van der Waals surface area contributed by atoms with Crippen LogP contribution in [-0.2, 0) is 4.79 Å². The van der Waals surface area contributed by atoms with Crippen LogP contribution in [-0.4, -0.2) is 22.3 Å². The van der Waals surface area contributed by atoms with E-state index in [-0.39, 0.29) is 10.7 Å². The lowest BCUT2D eigenvalue weighted by molar-refractivity contribution is -0.118. The summed E-state index contributed by atoms with van der Waals surface area (Å²) in [5, 5.41) is 1.08. The maximum absolute atomic E-state index is 12.3. The summed E-state index contributed by atoms with van der Waals surface area (Å²) in [6.07, 6.45) is 1.93. The van der Waals surface area contributed by atoms with Crippen LogP contribution in [0.25, 0.3) is 10.9 Å². The van der Waals surface area contributed by atoms with E-state index < -0.39 is 0 Å². The molecule has 0 saturated carbocycles. The van der Waals surface area contributed by atoms with Gasteiger partial charge in [0.05, 0.1) is 16.0 Å². The topological polar surface area (TPSA) is 33.2 Å². The van der Waals surface area contributed by atoms with Gasteiger partial charge in [-0.15, -0.1) is 0 Å². The molecule has 2 heterocycles. The minimum absolute atomic E-state index is 0.0682. The second kappa shape index (κ2) is 4.93. The molecule has 1 aliphatic rings. The second-order valence-electron chi connectivity index (χ2n) is 4.90. The number of nitrogens with zero attached hydrogens (tertiary/aromatic N) is 2. The van der Waals surface area contributed by atoms with Crippen LogP contribution in [0.15, 0.2) is 30.3 Å². The van der Waals surface area contributed by atoms with E-state index in [4.69, 9.17) is 0 Å². The van der Waals surface area contributed by atoms with E-state index in [0.29, 0.717) is 0 Å². The third kappa shape index (κ3) is 2.25. The number of carbonyl (C=O) groups is 1. The van der Waals surface area contributed by atoms with Crippen LogP contribution in [0.3, 0.4) is 0 Å². The molecule has 98 valence electrons. The van der Waals surface area contributed by atoms with E-state index in [2.05, 4.69) is 27.0 Å². The van der Waals surface area contributed by atoms with Gasteiger partial charge in [0.15, 0.2) is 0 Å². The normalized spacial score (nSPS) is 20.0. The molecule has 1 saturated heterocycles. The van der Waals surface area contributed by atoms with E-state index in [9.17, 15) is 4.79 Å². The quantitative estimate of drug-likeness (QED) is 0.755. The van der Waals surface area contributed by atoms with Crippen LogP contribution in [0.2, 0.25) is 0 Å². The molecule has 2 aromatic rings. The summed E-state index contributed by atoms with van der Waals surface area (Å²) in [6, 6.07) is 10.1. The van der Waals surface area contributed by atoms with Crippen molar-refractivity contribution in [1.29, 1.82) is 0 Å². The molecule has 3 rings (SSSR count). The van der Waals surface area contributed by atoms with Crippen LogP contribution in [0.5, 0.6) is 0 Å². The van der Waals surface area contributed by atoms with Crippen LogP contribution < -0.4 is 4.90 Å². The zero-order valence-corrected chi connectivity index (χ0v) is 12.4. The van der Waals surface area contributed by atoms with Gasteiger partial charge in [-0.25, -0.2) is 0 Å². The Morgan fingerprint density at radius 3 is 3.00 bits per heavy atom. The average Bonchev–Trinajstić information content (AvgIpc) is 2.41. The zero-order valence-electron chi connectivity index (χ0n) is 10.8. The molecule has 0 aliphatic carbocycles. The molecule has 0 N–H and O–H groups in total. The summed E-state index contributed by atoms with van der Waals surface area (Å²) in [7, 11) is 0. The molecule has 1 amide bonds. The van der Waals surface area contributed by atoms with Crippen molar-refractivity contribution in [2.75, 3.05) is 11.4 Å². The maximum atomic E-state index is 12.3. The third-order valence-electron chi connectivity index (χ3n) is 3.50. The average molecular weight is 319 g/mol. The number of alkyl halides is 1. The number of anilines is 1. The van der Waals surface area contributed by atoms with Crippen molar-refractivity contribution in [3.05, 3.63) is 36.0 Å². The Bertz CT molecular complexity index is 641. The van der Waals surface area contributed by atoms with Crippen molar-refractivity contribution in [2.45, 2.75) is 24.6 Å². The molecule has 19 heavy (non-hydrogen) atoms. The van der Waals surface area contributed by atoms with Crippen molar-refractivity contribution < 1.29 is 4.79 Å². The van der Waals surface area contributed by atoms with Crippen molar-refractivity contribution >= 4 is 38.4 Å². The van der Waals surface area contributed by atoms with Crippen molar-refractivity contribution in [3.8, 4) is 0 Å². The van der Waals surface area contributed by atoms with Gasteiger partial charge in [0.25, 0.3) is 0 Å². The Balaban J connectivity index is 2.14. The summed E-state index contributed by atoms with van der Waals surface area (Å²) in [5.41, 5.74) is 2.81. The number of hydrogen-bond acceptors (Lipinski definition) is 2. The van der Waals surface area contributed by atoms with E-state index in [0.717, 1.165) is 41.7 Å². The smallest absolute Gasteiger partial charge is 0.240 e. The van der Waals surface area contributed by atoms with E-state index in [1.54, 1.807) is 0 Å². The lowest BCUT2D eigenvalue weighted by atomic mass is 10.1. The van der Waals surface area contributed by atoms with Crippen LogP contribution in [0.4, 0.5) is 5.69 Å². The molecule has 1 atom stereocenters. The van der Waals surface area contributed by atoms with Crippen LogP contribution in [0, 0.1) is 6.92 Å². The molecule has 1 fully saturated rings. The molecule has 1 aromatic carbocycles. The predicted octanol–water partition coefficient (Wildman–Crippen LogP) is 3.43. The first-order valence-electron chi connectivity index (χ1n) is 6.48. The first kappa shape index (κ1) is 12.6. The molecule has 1 unspecified atom stereocenters. The maximum Gasteiger partial charge on any atom is 0.240 e. The van der Waals surface area contributed by atoms with Crippen molar-refractivity contribution in [2.24, 2.45) is 0 Å². The number of rotatable bonds is 1. The summed E-state index contributed by atoms with van der Waals surface area (Å²) >= 11 is 3.46. The molecule has 1 aliphatic heterocycles. The van der Waals surface area contributed by atoms with E-state index >= 15 is 0 Å². The molecular weight excluding hydrogens is 304 g/mol. The standard InChI is InChI=1S/C15H15BrN2O/c1-10-7-8-11-4-2-6-13(14(11)17-10)18-9-3-5-12(16)15(18)19/h2,4,6-8,12H,3,5,9H2,1H3. The van der Waals surface area contributed by atoms with Gasteiger partial charge >= 0.3 is 0 Å². The fraction of sp³-hybridized carbons (Fsp3) is 0.333. The van der Waals surface area contributed by atoms with Crippen molar-refractivity contribution in [3.63, 3.8) is 0 Å². The first-order valence-corrected chi connectivity index (χ1v) is 7.40. The highest BCUT2D eigenvalue weighted by Crippen LogP contribution is 2.30. The Kier molecular flexibility index (Phi) is 3.27. The Morgan fingerprint density at radius 1 is 1.32 bits per heavy atom. The molecule has 1 aromatic heterocycles. The van der Waals surface area contributed by atoms with Crippen LogP contribution in [0.1, 0.15) is 18.5 Å². The van der Waals surface area contributed by atoms with Gasteiger partial charge in [0.2, 0.25) is 5.91 Å². The largest absolute Gasteiger partial charge is 0.309 e. The fourth-order valence-electron chi connectivity index (χ4n) is 2.52. The fourth-order valence-corrected chi connectivity index (χ4v) is 3.09. The van der Waals surface area contributed by atoms with Gasteiger partial charge < -0.3 is 4.90 Å².